The number of hydrogen-bond donors (Lipinski definition) is 1. The number of ether oxygens (including phenoxy) is 3. The average Bonchev–Trinajstić information content (AvgIpc) is 2.88. The van der Waals surface area contributed by atoms with Crippen molar-refractivity contribution < 1.29 is 27.4 Å². The molecule has 0 saturated carbocycles. The van der Waals surface area contributed by atoms with Crippen molar-refractivity contribution in [2.45, 2.75) is 6.36 Å². The molecular formula is C26H19F3N4O3. The molecule has 0 atom stereocenters. The third-order valence-corrected chi connectivity index (χ3v) is 4.74. The highest BCUT2D eigenvalue weighted by atomic mass is 19.4. The Hall–Kier alpha value is -4.78. The lowest BCUT2D eigenvalue weighted by Crippen LogP contribution is -2.17. The lowest BCUT2D eigenvalue weighted by molar-refractivity contribution is -0.274. The van der Waals surface area contributed by atoms with Gasteiger partial charge in [-0.25, -0.2) is 4.98 Å². The second kappa shape index (κ2) is 10.7. The zero-order valence-corrected chi connectivity index (χ0v) is 19.1. The van der Waals surface area contributed by atoms with Gasteiger partial charge in [0.2, 0.25) is 11.8 Å². The van der Waals surface area contributed by atoms with Crippen LogP contribution in [0.1, 0.15) is 11.4 Å². The van der Waals surface area contributed by atoms with Crippen LogP contribution in [-0.2, 0) is 0 Å². The summed E-state index contributed by atoms with van der Waals surface area (Å²) in [7, 11) is 3.12. The van der Waals surface area contributed by atoms with Gasteiger partial charge in [-0.1, -0.05) is 18.1 Å². The SMILES string of the molecule is COc1ccc(-c2nc(C#Cc3ccccc3OC)nc(Nc3ccc(OC(F)(F)F)cc3)n2)cc1. The number of aromatic nitrogens is 3. The first-order valence-corrected chi connectivity index (χ1v) is 10.5. The fourth-order valence-electron chi connectivity index (χ4n) is 3.10. The van der Waals surface area contributed by atoms with Gasteiger partial charge in [-0.15, -0.1) is 13.2 Å². The molecular weight excluding hydrogens is 473 g/mol. The van der Waals surface area contributed by atoms with E-state index in [1.165, 1.54) is 24.3 Å². The Morgan fingerprint density at radius 1 is 0.750 bits per heavy atom. The van der Waals surface area contributed by atoms with E-state index in [0.717, 1.165) is 0 Å². The maximum atomic E-state index is 12.4. The number of rotatable bonds is 6. The second-order valence-electron chi connectivity index (χ2n) is 7.18. The van der Waals surface area contributed by atoms with E-state index in [0.29, 0.717) is 34.1 Å². The molecule has 10 heteroatoms. The quantitative estimate of drug-likeness (QED) is 0.351. The molecule has 0 amide bonds. The topological polar surface area (TPSA) is 78.4 Å². The summed E-state index contributed by atoms with van der Waals surface area (Å²) in [5, 5.41) is 2.97. The van der Waals surface area contributed by atoms with Crippen LogP contribution in [0.25, 0.3) is 11.4 Å². The molecule has 0 aliphatic heterocycles. The minimum Gasteiger partial charge on any atom is -0.497 e. The largest absolute Gasteiger partial charge is 0.573 e. The van der Waals surface area contributed by atoms with Crippen molar-refractivity contribution in [3.8, 4) is 40.5 Å². The Morgan fingerprint density at radius 3 is 2.11 bits per heavy atom. The number of nitrogens with zero attached hydrogens (tertiary/aromatic N) is 3. The first-order chi connectivity index (χ1) is 17.3. The number of anilines is 2. The molecule has 182 valence electrons. The van der Waals surface area contributed by atoms with E-state index < -0.39 is 6.36 Å². The van der Waals surface area contributed by atoms with Crippen LogP contribution in [0.15, 0.2) is 72.8 Å². The Kier molecular flexibility index (Phi) is 7.20. The first-order valence-electron chi connectivity index (χ1n) is 10.5. The van der Waals surface area contributed by atoms with Crippen molar-refractivity contribution in [2.24, 2.45) is 0 Å². The highest BCUT2D eigenvalue weighted by Gasteiger charge is 2.30. The van der Waals surface area contributed by atoms with E-state index in [2.05, 4.69) is 36.8 Å². The highest BCUT2D eigenvalue weighted by molar-refractivity contribution is 5.61. The van der Waals surface area contributed by atoms with Crippen molar-refractivity contribution in [3.05, 3.63) is 84.2 Å². The van der Waals surface area contributed by atoms with Crippen molar-refractivity contribution in [1.29, 1.82) is 0 Å². The molecule has 0 unspecified atom stereocenters. The number of halogens is 3. The van der Waals surface area contributed by atoms with Crippen LogP contribution in [0.5, 0.6) is 17.2 Å². The molecule has 0 saturated heterocycles. The third-order valence-electron chi connectivity index (χ3n) is 4.74. The van der Waals surface area contributed by atoms with Gasteiger partial charge in [-0.2, -0.15) is 9.97 Å². The van der Waals surface area contributed by atoms with Gasteiger partial charge in [0.1, 0.15) is 17.2 Å². The number of hydrogen-bond acceptors (Lipinski definition) is 7. The standard InChI is InChI=1S/C26H19F3N4O3/c1-34-20-12-7-18(8-13-20)24-31-23(16-9-17-5-3-4-6-22(17)35-2)32-25(33-24)30-19-10-14-21(15-11-19)36-26(27,28)29/h3-8,10-15H,1-2H3,(H,30,31,32,33). The third kappa shape index (κ3) is 6.42. The molecule has 4 aromatic rings. The molecule has 4 rings (SSSR count). The maximum absolute atomic E-state index is 12.4. The summed E-state index contributed by atoms with van der Waals surface area (Å²) in [5.74, 6) is 7.54. The average molecular weight is 492 g/mol. The molecule has 7 nitrogen and oxygen atoms in total. The summed E-state index contributed by atoms with van der Waals surface area (Å²) < 4.78 is 51.7. The monoisotopic (exact) mass is 492 g/mol. The second-order valence-corrected chi connectivity index (χ2v) is 7.18. The molecule has 0 fully saturated rings. The lowest BCUT2D eigenvalue weighted by atomic mass is 10.2. The highest BCUT2D eigenvalue weighted by Crippen LogP contribution is 2.26. The summed E-state index contributed by atoms with van der Waals surface area (Å²) in [6, 6.07) is 19.6. The van der Waals surface area contributed by atoms with Gasteiger partial charge in [0.15, 0.2) is 5.82 Å². The van der Waals surface area contributed by atoms with Crippen molar-refractivity contribution in [1.82, 2.24) is 15.0 Å². The fourth-order valence-corrected chi connectivity index (χ4v) is 3.10. The molecule has 0 aliphatic rings. The fraction of sp³-hybridized carbons (Fsp3) is 0.115. The van der Waals surface area contributed by atoms with Crippen LogP contribution in [0.3, 0.4) is 0 Å². The van der Waals surface area contributed by atoms with Crippen LogP contribution in [-0.4, -0.2) is 35.5 Å². The predicted octanol–water partition coefficient (Wildman–Crippen LogP) is 5.60. The number of methoxy groups -OCH3 is 2. The summed E-state index contributed by atoms with van der Waals surface area (Å²) in [6.45, 7) is 0. The van der Waals surface area contributed by atoms with Crippen LogP contribution < -0.4 is 19.5 Å². The molecule has 0 aliphatic carbocycles. The van der Waals surface area contributed by atoms with Gasteiger partial charge in [0.25, 0.3) is 0 Å². The smallest absolute Gasteiger partial charge is 0.497 e. The minimum atomic E-state index is -4.77. The molecule has 3 aromatic carbocycles. The zero-order valence-electron chi connectivity index (χ0n) is 19.1. The van der Waals surface area contributed by atoms with Crippen molar-refractivity contribution >= 4 is 11.6 Å². The van der Waals surface area contributed by atoms with Crippen LogP contribution in [0.4, 0.5) is 24.8 Å². The van der Waals surface area contributed by atoms with Crippen LogP contribution >= 0.6 is 0 Å². The zero-order chi connectivity index (χ0) is 25.5. The molecule has 36 heavy (non-hydrogen) atoms. The Bertz CT molecular complexity index is 1400. The van der Waals surface area contributed by atoms with Crippen molar-refractivity contribution in [3.63, 3.8) is 0 Å². The molecule has 0 bridgehead atoms. The number of nitrogens with one attached hydrogen (secondary N) is 1. The van der Waals surface area contributed by atoms with Gasteiger partial charge in [-0.3, -0.25) is 0 Å². The molecule has 0 spiro atoms. The van der Waals surface area contributed by atoms with E-state index in [9.17, 15) is 13.2 Å². The Labute approximate surface area is 204 Å². The maximum Gasteiger partial charge on any atom is 0.573 e. The van der Waals surface area contributed by atoms with Gasteiger partial charge in [0, 0.05) is 11.3 Å². The van der Waals surface area contributed by atoms with Gasteiger partial charge in [-0.05, 0) is 66.6 Å². The van der Waals surface area contributed by atoms with Crippen LogP contribution in [0, 0.1) is 11.8 Å². The lowest BCUT2D eigenvalue weighted by Gasteiger charge is -2.10. The van der Waals surface area contributed by atoms with E-state index in [1.807, 2.05) is 12.1 Å². The van der Waals surface area contributed by atoms with Crippen LogP contribution in [0.2, 0.25) is 0 Å². The Morgan fingerprint density at radius 2 is 1.44 bits per heavy atom. The molecule has 1 aromatic heterocycles. The molecule has 0 radical (unpaired) electrons. The first kappa shape index (κ1) is 24.3. The van der Waals surface area contributed by atoms with Gasteiger partial charge >= 0.3 is 6.36 Å². The normalized spacial score (nSPS) is 10.7. The summed E-state index contributed by atoms with van der Waals surface area (Å²) in [6.07, 6.45) is -4.77. The predicted molar refractivity (Wildman–Crippen MR) is 127 cm³/mol. The van der Waals surface area contributed by atoms with Gasteiger partial charge in [0.05, 0.1) is 19.8 Å². The summed E-state index contributed by atoms with van der Waals surface area (Å²) in [4.78, 5) is 13.3. The number of para-hydroxylation sites is 1. The molecule has 1 N–H and O–H groups in total. The van der Waals surface area contributed by atoms with Gasteiger partial charge < -0.3 is 19.5 Å². The van der Waals surface area contributed by atoms with E-state index in [1.54, 1.807) is 50.6 Å². The number of alkyl halides is 3. The van der Waals surface area contributed by atoms with Crippen molar-refractivity contribution in [2.75, 3.05) is 19.5 Å². The Balaban J connectivity index is 1.68. The summed E-state index contributed by atoms with van der Waals surface area (Å²) in [5.41, 5.74) is 1.79. The molecule has 1 heterocycles. The van der Waals surface area contributed by atoms with E-state index in [4.69, 9.17) is 9.47 Å². The van der Waals surface area contributed by atoms with E-state index >= 15 is 0 Å². The minimum absolute atomic E-state index is 0.157. The summed E-state index contributed by atoms with van der Waals surface area (Å²) >= 11 is 0. The van der Waals surface area contributed by atoms with E-state index in [-0.39, 0.29) is 17.5 Å². The number of benzene rings is 3.